The highest BCUT2D eigenvalue weighted by Crippen LogP contribution is 2.69. The number of allylic oxidation sites excluding steroid dienone is 1. The van der Waals surface area contributed by atoms with Crippen LogP contribution >= 0.6 is 0 Å². The minimum atomic E-state index is -0.772. The van der Waals surface area contributed by atoms with Crippen LogP contribution in [0.5, 0.6) is 0 Å². The molecule has 0 saturated heterocycles. The molecule has 6 atom stereocenters. The molecule has 0 amide bonds. The molecule has 4 aliphatic carbocycles. The standard InChI is InChI=1S/C20H30O3/c1-17-8-6-14(21)12-13(17)4-5-16-15(17)7-9-18(2)19(3,22)10-11-20(16,18)23/h12,15-16,22-23H,4-11H2,1-3H3/t15-,16+,17-,18+,19-,20+/m0/s1. The molecule has 0 bridgehead atoms. The van der Waals surface area contributed by atoms with Gasteiger partial charge in [0.05, 0.1) is 11.2 Å². The van der Waals surface area contributed by atoms with Crippen LogP contribution in [0.15, 0.2) is 11.6 Å². The Morgan fingerprint density at radius 2 is 1.70 bits per heavy atom. The summed E-state index contributed by atoms with van der Waals surface area (Å²) in [6.07, 6.45) is 8.73. The van der Waals surface area contributed by atoms with E-state index < -0.39 is 16.6 Å². The number of hydrogen-bond donors (Lipinski definition) is 2. The molecule has 3 saturated carbocycles. The van der Waals surface area contributed by atoms with Gasteiger partial charge in [0, 0.05) is 11.8 Å². The van der Waals surface area contributed by atoms with E-state index in [4.69, 9.17) is 0 Å². The Morgan fingerprint density at radius 3 is 2.43 bits per heavy atom. The summed E-state index contributed by atoms with van der Waals surface area (Å²) in [5.74, 6) is 0.979. The van der Waals surface area contributed by atoms with Crippen molar-refractivity contribution in [2.24, 2.45) is 22.7 Å². The quantitative estimate of drug-likeness (QED) is 0.720. The van der Waals surface area contributed by atoms with Crippen LogP contribution in [-0.4, -0.2) is 27.2 Å². The second kappa shape index (κ2) is 4.49. The Kier molecular flexibility index (Phi) is 3.09. The lowest BCUT2D eigenvalue weighted by Gasteiger charge is -2.62. The van der Waals surface area contributed by atoms with Crippen molar-refractivity contribution in [3.63, 3.8) is 0 Å². The van der Waals surface area contributed by atoms with Gasteiger partial charge in [0.15, 0.2) is 5.78 Å². The summed E-state index contributed by atoms with van der Waals surface area (Å²) in [7, 11) is 0. The minimum Gasteiger partial charge on any atom is -0.389 e. The van der Waals surface area contributed by atoms with Crippen LogP contribution in [0.1, 0.15) is 72.1 Å². The summed E-state index contributed by atoms with van der Waals surface area (Å²) >= 11 is 0. The first kappa shape index (κ1) is 15.8. The predicted octanol–water partition coefficient (Wildman–Crippen LogP) is 3.38. The number of carbonyl (C=O) groups excluding carboxylic acids is 1. The van der Waals surface area contributed by atoms with Gasteiger partial charge in [-0.3, -0.25) is 4.79 Å². The molecule has 3 heteroatoms. The minimum absolute atomic E-state index is 0.0718. The average Bonchev–Trinajstić information content (AvgIpc) is 2.68. The van der Waals surface area contributed by atoms with Gasteiger partial charge in [-0.2, -0.15) is 0 Å². The molecule has 0 aromatic carbocycles. The van der Waals surface area contributed by atoms with E-state index in [2.05, 4.69) is 13.8 Å². The normalized spacial score (nSPS) is 55.7. The Bertz CT molecular complexity index is 592. The number of rotatable bonds is 0. The summed E-state index contributed by atoms with van der Waals surface area (Å²) in [4.78, 5) is 11.8. The van der Waals surface area contributed by atoms with E-state index in [1.807, 2.05) is 13.0 Å². The number of aliphatic hydroxyl groups is 2. The molecule has 0 spiro atoms. The van der Waals surface area contributed by atoms with Crippen LogP contribution in [0.4, 0.5) is 0 Å². The zero-order valence-corrected chi connectivity index (χ0v) is 14.7. The maximum absolute atomic E-state index is 11.8. The van der Waals surface area contributed by atoms with Gasteiger partial charge in [-0.25, -0.2) is 0 Å². The molecule has 4 rings (SSSR count). The lowest BCUT2D eigenvalue weighted by Crippen LogP contribution is -2.63. The van der Waals surface area contributed by atoms with E-state index >= 15 is 0 Å². The molecular weight excluding hydrogens is 288 g/mol. The molecule has 0 aromatic rings. The third kappa shape index (κ3) is 1.76. The Hall–Kier alpha value is -0.670. The van der Waals surface area contributed by atoms with E-state index in [1.54, 1.807) is 0 Å². The molecule has 0 aromatic heterocycles. The molecule has 3 fully saturated rings. The van der Waals surface area contributed by atoms with Gasteiger partial charge in [0.25, 0.3) is 0 Å². The topological polar surface area (TPSA) is 57.5 Å². The largest absolute Gasteiger partial charge is 0.389 e. The van der Waals surface area contributed by atoms with Crippen LogP contribution in [-0.2, 0) is 4.79 Å². The second-order valence-electron chi connectivity index (χ2n) is 9.37. The van der Waals surface area contributed by atoms with Crippen LogP contribution in [0.3, 0.4) is 0 Å². The zero-order valence-electron chi connectivity index (χ0n) is 14.7. The third-order valence-electron chi connectivity index (χ3n) is 8.69. The first-order valence-electron chi connectivity index (χ1n) is 9.33. The van der Waals surface area contributed by atoms with Gasteiger partial charge < -0.3 is 10.2 Å². The Morgan fingerprint density at radius 1 is 0.957 bits per heavy atom. The summed E-state index contributed by atoms with van der Waals surface area (Å²) in [5, 5.41) is 22.6. The molecule has 0 radical (unpaired) electrons. The Labute approximate surface area is 139 Å². The Balaban J connectivity index is 1.76. The number of fused-ring (bicyclic) bond motifs is 5. The second-order valence-corrected chi connectivity index (χ2v) is 9.37. The highest BCUT2D eigenvalue weighted by molar-refractivity contribution is 5.91. The predicted molar refractivity (Wildman–Crippen MR) is 88.8 cm³/mol. The van der Waals surface area contributed by atoms with Crippen molar-refractivity contribution >= 4 is 5.78 Å². The maximum Gasteiger partial charge on any atom is 0.155 e. The van der Waals surface area contributed by atoms with Gasteiger partial charge >= 0.3 is 0 Å². The molecule has 0 unspecified atom stereocenters. The van der Waals surface area contributed by atoms with Gasteiger partial charge in [0.2, 0.25) is 0 Å². The lowest BCUT2D eigenvalue weighted by molar-refractivity contribution is -0.213. The van der Waals surface area contributed by atoms with Crippen molar-refractivity contribution in [3.05, 3.63) is 11.6 Å². The molecule has 23 heavy (non-hydrogen) atoms. The van der Waals surface area contributed by atoms with Crippen molar-refractivity contribution in [1.29, 1.82) is 0 Å². The van der Waals surface area contributed by atoms with Gasteiger partial charge in [-0.15, -0.1) is 0 Å². The third-order valence-corrected chi connectivity index (χ3v) is 8.69. The lowest BCUT2D eigenvalue weighted by atomic mass is 9.45. The monoisotopic (exact) mass is 318 g/mol. The SMILES string of the molecule is C[C@]12CC[C@H]3[C@@H](CCC4=CC(=O)CC[C@@]43C)[C@]1(O)CC[C@]2(C)O. The van der Waals surface area contributed by atoms with Crippen LogP contribution in [0.25, 0.3) is 0 Å². The zero-order chi connectivity index (χ0) is 16.7. The summed E-state index contributed by atoms with van der Waals surface area (Å²) in [6.45, 7) is 6.34. The van der Waals surface area contributed by atoms with Gasteiger partial charge in [-0.05, 0) is 75.2 Å². The van der Waals surface area contributed by atoms with Gasteiger partial charge in [0.1, 0.15) is 0 Å². The summed E-state index contributed by atoms with van der Waals surface area (Å²) < 4.78 is 0. The molecule has 0 heterocycles. The van der Waals surface area contributed by atoms with E-state index in [-0.39, 0.29) is 17.1 Å². The van der Waals surface area contributed by atoms with Gasteiger partial charge in [-0.1, -0.05) is 19.4 Å². The molecular formula is C20H30O3. The van der Waals surface area contributed by atoms with Crippen molar-refractivity contribution in [3.8, 4) is 0 Å². The molecule has 0 aliphatic heterocycles. The first-order chi connectivity index (χ1) is 10.6. The van der Waals surface area contributed by atoms with E-state index in [0.29, 0.717) is 25.2 Å². The fourth-order valence-electron chi connectivity index (χ4n) is 6.78. The number of hydrogen-bond acceptors (Lipinski definition) is 3. The van der Waals surface area contributed by atoms with E-state index in [0.717, 1.165) is 32.1 Å². The first-order valence-corrected chi connectivity index (χ1v) is 9.33. The fourth-order valence-corrected chi connectivity index (χ4v) is 6.78. The average molecular weight is 318 g/mol. The molecule has 128 valence electrons. The smallest absolute Gasteiger partial charge is 0.155 e. The summed E-state index contributed by atoms with van der Waals surface area (Å²) in [5.41, 5.74) is -0.528. The van der Waals surface area contributed by atoms with E-state index in [9.17, 15) is 15.0 Å². The molecule has 3 nitrogen and oxygen atoms in total. The van der Waals surface area contributed by atoms with E-state index in [1.165, 1.54) is 5.57 Å². The van der Waals surface area contributed by atoms with Crippen LogP contribution in [0.2, 0.25) is 0 Å². The van der Waals surface area contributed by atoms with Crippen LogP contribution < -0.4 is 0 Å². The number of carbonyl (C=O) groups is 1. The molecule has 4 aliphatic rings. The fraction of sp³-hybridized carbons (Fsp3) is 0.850. The van der Waals surface area contributed by atoms with Crippen molar-refractivity contribution in [2.45, 2.75) is 83.3 Å². The number of ketones is 1. The highest BCUT2D eigenvalue weighted by atomic mass is 16.3. The summed E-state index contributed by atoms with van der Waals surface area (Å²) in [6, 6.07) is 0. The molecule has 2 N–H and O–H groups in total. The highest BCUT2D eigenvalue weighted by Gasteiger charge is 2.69. The van der Waals surface area contributed by atoms with Crippen molar-refractivity contribution in [2.75, 3.05) is 0 Å². The van der Waals surface area contributed by atoms with Crippen LogP contribution in [0, 0.1) is 22.7 Å². The maximum atomic E-state index is 11.8. The van der Waals surface area contributed by atoms with Crippen molar-refractivity contribution in [1.82, 2.24) is 0 Å². The van der Waals surface area contributed by atoms with Crippen molar-refractivity contribution < 1.29 is 15.0 Å².